The van der Waals surface area contributed by atoms with E-state index in [2.05, 4.69) is 10.1 Å². The number of nitrogens with zero attached hydrogens (tertiary/aromatic N) is 1. The van der Waals surface area contributed by atoms with Gasteiger partial charge in [0.25, 0.3) is 0 Å². The van der Waals surface area contributed by atoms with Gasteiger partial charge in [-0.3, -0.25) is 9.59 Å². The predicted octanol–water partition coefficient (Wildman–Crippen LogP) is 2.92. The summed E-state index contributed by atoms with van der Waals surface area (Å²) in [4.78, 5) is 39.7. The number of aryl methyl sites for hydroxylation is 1. The Kier molecular flexibility index (Phi) is 5.30. The molecule has 3 aromatic rings. The van der Waals surface area contributed by atoms with Crippen molar-refractivity contribution >= 4 is 28.7 Å². The van der Waals surface area contributed by atoms with Crippen molar-refractivity contribution in [1.82, 2.24) is 10.1 Å². The van der Waals surface area contributed by atoms with Crippen LogP contribution < -0.4 is 0 Å². The fraction of sp³-hybridized carbons (Fsp3) is 0.300. The Morgan fingerprint density at radius 1 is 1.21 bits per heavy atom. The van der Waals surface area contributed by atoms with Crippen LogP contribution in [0, 0.1) is 13.8 Å². The fourth-order valence-electron chi connectivity index (χ4n) is 3.10. The van der Waals surface area contributed by atoms with Crippen molar-refractivity contribution in [3.05, 3.63) is 52.5 Å². The summed E-state index contributed by atoms with van der Waals surface area (Å²) in [5, 5.41) is 4.60. The van der Waals surface area contributed by atoms with Crippen molar-refractivity contribution < 1.29 is 28.4 Å². The second kappa shape index (κ2) is 7.67. The number of ether oxygens (including phenoxy) is 2. The number of ketones is 1. The van der Waals surface area contributed by atoms with Crippen molar-refractivity contribution in [2.45, 2.75) is 33.3 Å². The lowest BCUT2D eigenvalue weighted by molar-refractivity contribution is -0.145. The van der Waals surface area contributed by atoms with Gasteiger partial charge in [-0.05, 0) is 38.5 Å². The first-order chi connectivity index (χ1) is 13.3. The normalized spacial score (nSPS) is 12.0. The smallest absolute Gasteiger partial charge is 0.339 e. The summed E-state index contributed by atoms with van der Waals surface area (Å²) in [5.74, 6) is -1.57. The van der Waals surface area contributed by atoms with Crippen LogP contribution in [-0.2, 0) is 20.7 Å². The molecule has 3 rings (SSSR count). The van der Waals surface area contributed by atoms with Crippen molar-refractivity contribution in [2.75, 3.05) is 7.11 Å². The molecule has 2 aromatic heterocycles. The van der Waals surface area contributed by atoms with E-state index in [0.29, 0.717) is 28.1 Å². The molecule has 8 nitrogen and oxygen atoms in total. The summed E-state index contributed by atoms with van der Waals surface area (Å²) >= 11 is 0. The summed E-state index contributed by atoms with van der Waals surface area (Å²) in [6, 6.07) is 7.16. The van der Waals surface area contributed by atoms with E-state index < -0.39 is 23.8 Å². The number of rotatable bonds is 6. The molecule has 0 unspecified atom stereocenters. The first-order valence-electron chi connectivity index (χ1n) is 8.68. The van der Waals surface area contributed by atoms with E-state index in [4.69, 9.17) is 14.0 Å². The Morgan fingerprint density at radius 3 is 2.64 bits per heavy atom. The average molecular weight is 384 g/mol. The van der Waals surface area contributed by atoms with E-state index in [1.807, 2.05) is 6.07 Å². The van der Waals surface area contributed by atoms with Crippen LogP contribution in [0.1, 0.15) is 44.7 Å². The van der Waals surface area contributed by atoms with Gasteiger partial charge in [-0.25, -0.2) is 4.79 Å². The molecule has 0 aliphatic rings. The van der Waals surface area contributed by atoms with Crippen molar-refractivity contribution in [3.8, 4) is 0 Å². The van der Waals surface area contributed by atoms with Gasteiger partial charge in [-0.2, -0.15) is 0 Å². The quantitative estimate of drug-likeness (QED) is 0.514. The van der Waals surface area contributed by atoms with Crippen LogP contribution in [-0.4, -0.2) is 41.1 Å². The van der Waals surface area contributed by atoms with Gasteiger partial charge in [-0.15, -0.1) is 0 Å². The highest BCUT2D eigenvalue weighted by Gasteiger charge is 2.27. The Morgan fingerprint density at radius 2 is 1.93 bits per heavy atom. The van der Waals surface area contributed by atoms with Crippen LogP contribution in [0.4, 0.5) is 0 Å². The summed E-state index contributed by atoms with van der Waals surface area (Å²) in [7, 11) is 1.27. The molecular weight excluding hydrogens is 364 g/mol. The van der Waals surface area contributed by atoms with Gasteiger partial charge in [0, 0.05) is 11.1 Å². The monoisotopic (exact) mass is 384 g/mol. The van der Waals surface area contributed by atoms with Gasteiger partial charge >= 0.3 is 11.9 Å². The molecule has 1 atom stereocenters. The highest BCUT2D eigenvalue weighted by atomic mass is 16.5. The summed E-state index contributed by atoms with van der Waals surface area (Å²) in [5.41, 5.74) is 2.51. The molecule has 28 heavy (non-hydrogen) atoms. The highest BCUT2D eigenvalue weighted by Crippen LogP contribution is 2.22. The molecule has 1 aromatic carbocycles. The van der Waals surface area contributed by atoms with E-state index in [9.17, 15) is 14.4 Å². The van der Waals surface area contributed by atoms with Crippen LogP contribution in [0.3, 0.4) is 0 Å². The molecular formula is C20H20N2O6. The highest BCUT2D eigenvalue weighted by molar-refractivity contribution is 6.04. The summed E-state index contributed by atoms with van der Waals surface area (Å²) < 4.78 is 15.2. The molecule has 0 fully saturated rings. The minimum atomic E-state index is -1.03. The third kappa shape index (κ3) is 3.53. The molecule has 0 saturated heterocycles. The zero-order valence-corrected chi connectivity index (χ0v) is 16.0. The van der Waals surface area contributed by atoms with Crippen molar-refractivity contribution in [3.63, 3.8) is 0 Å². The molecule has 0 aliphatic heterocycles. The van der Waals surface area contributed by atoms with Gasteiger partial charge in [0.15, 0.2) is 11.7 Å². The molecule has 0 radical (unpaired) electrons. The number of para-hydroxylation sites is 1. The fourth-order valence-corrected chi connectivity index (χ4v) is 3.10. The number of aromatic amines is 1. The van der Waals surface area contributed by atoms with Gasteiger partial charge < -0.3 is 19.0 Å². The van der Waals surface area contributed by atoms with E-state index in [1.165, 1.54) is 14.0 Å². The minimum Gasteiger partial charge on any atom is -0.465 e. The maximum absolute atomic E-state index is 12.7. The van der Waals surface area contributed by atoms with Crippen LogP contribution in [0.15, 0.2) is 28.8 Å². The number of benzene rings is 1. The number of H-pyrrole nitrogens is 1. The molecule has 146 valence electrons. The van der Waals surface area contributed by atoms with E-state index in [1.54, 1.807) is 32.0 Å². The van der Waals surface area contributed by atoms with E-state index in [-0.39, 0.29) is 12.1 Å². The van der Waals surface area contributed by atoms with E-state index >= 15 is 0 Å². The van der Waals surface area contributed by atoms with Crippen LogP contribution in [0.2, 0.25) is 0 Å². The molecule has 2 heterocycles. The van der Waals surface area contributed by atoms with Crippen LogP contribution in [0.5, 0.6) is 0 Å². The number of aromatic nitrogens is 2. The third-order valence-corrected chi connectivity index (χ3v) is 4.51. The van der Waals surface area contributed by atoms with Crippen molar-refractivity contribution in [2.24, 2.45) is 0 Å². The van der Waals surface area contributed by atoms with E-state index in [0.717, 1.165) is 5.39 Å². The Balaban J connectivity index is 1.72. The number of Topliss-reactive ketones (excluding diaryl/α,β-unsaturated/α-hetero) is 1. The number of fused-ring (bicyclic) bond motifs is 1. The Labute approximate surface area is 160 Å². The largest absolute Gasteiger partial charge is 0.465 e. The van der Waals surface area contributed by atoms with Gasteiger partial charge in [-0.1, -0.05) is 17.3 Å². The van der Waals surface area contributed by atoms with Crippen LogP contribution in [0.25, 0.3) is 11.0 Å². The zero-order valence-electron chi connectivity index (χ0n) is 16.0. The number of esters is 2. The second-order valence-electron chi connectivity index (χ2n) is 6.42. The third-order valence-electron chi connectivity index (χ3n) is 4.51. The first-order valence-corrected chi connectivity index (χ1v) is 8.68. The first kappa shape index (κ1) is 19.3. The SMILES string of the molecule is COC(=O)c1c(C)[nH]c(C(=O)[C@H](C)OC(=O)Cc2noc3ccccc23)c1C. The number of carbonyl (C=O) groups excluding carboxylic acids is 3. The summed E-state index contributed by atoms with van der Waals surface area (Å²) in [6.45, 7) is 4.79. The summed E-state index contributed by atoms with van der Waals surface area (Å²) in [6.07, 6.45) is -1.15. The minimum absolute atomic E-state index is 0.120. The van der Waals surface area contributed by atoms with Crippen LogP contribution >= 0.6 is 0 Å². The Bertz CT molecular complexity index is 1060. The number of carbonyl (C=O) groups is 3. The molecule has 0 spiro atoms. The molecule has 0 aliphatic carbocycles. The molecule has 0 saturated carbocycles. The number of nitrogens with one attached hydrogen (secondary N) is 1. The molecule has 0 amide bonds. The molecule has 1 N–H and O–H groups in total. The second-order valence-corrected chi connectivity index (χ2v) is 6.42. The Hall–Kier alpha value is -3.42. The zero-order chi connectivity index (χ0) is 20.4. The van der Waals surface area contributed by atoms with Gasteiger partial charge in [0.2, 0.25) is 5.78 Å². The lowest BCUT2D eigenvalue weighted by Gasteiger charge is -2.11. The number of hydrogen-bond donors (Lipinski definition) is 1. The number of methoxy groups -OCH3 is 1. The van der Waals surface area contributed by atoms with Gasteiger partial charge in [0.05, 0.1) is 24.8 Å². The standard InChI is InChI=1S/C20H20N2O6/c1-10-17(20(25)26-4)11(2)21-18(10)19(24)12(3)27-16(23)9-14-13-7-5-6-8-15(13)28-22-14/h5-8,12,21H,9H2,1-4H3/t12-/m0/s1. The van der Waals surface area contributed by atoms with Gasteiger partial charge in [0.1, 0.15) is 5.69 Å². The number of hydrogen-bond acceptors (Lipinski definition) is 7. The maximum Gasteiger partial charge on any atom is 0.339 e. The average Bonchev–Trinajstić information content (AvgIpc) is 3.21. The topological polar surface area (TPSA) is 111 Å². The maximum atomic E-state index is 12.7. The lowest BCUT2D eigenvalue weighted by atomic mass is 10.1. The lowest BCUT2D eigenvalue weighted by Crippen LogP contribution is -2.26. The molecule has 0 bridgehead atoms. The predicted molar refractivity (Wildman–Crippen MR) is 99.2 cm³/mol. The molecule has 8 heteroatoms. The van der Waals surface area contributed by atoms with Crippen molar-refractivity contribution in [1.29, 1.82) is 0 Å².